The molecular weight excluding hydrogens is 637 g/mol. The SMILES string of the molecule is C.C.C.CC.CC.CC(=O)C(C(C)=O)c1ccccc1.CSc1n[nH]c(N)n1.CSc1nc2[nH]c(=O)c(-c3ccccc3)c(O)n2n1. The number of H-pyrrole nitrogens is 2. The molecule has 5 aromatic rings. The number of thioether (sulfide) groups is 2. The van der Waals surface area contributed by atoms with Crippen molar-refractivity contribution in [3.8, 4) is 17.0 Å². The first-order chi connectivity index (χ1) is 21.2. The molecule has 0 aliphatic carbocycles. The molecule has 0 radical (unpaired) electrons. The van der Waals surface area contributed by atoms with E-state index in [1.807, 2.05) is 64.5 Å². The highest BCUT2D eigenvalue weighted by atomic mass is 32.2. The lowest BCUT2D eigenvalue weighted by Crippen LogP contribution is -2.16. The van der Waals surface area contributed by atoms with Gasteiger partial charge in [0, 0.05) is 0 Å². The second-order valence-corrected chi connectivity index (χ2v) is 9.67. The number of anilines is 1. The Hall–Kier alpha value is -4.43. The largest absolute Gasteiger partial charge is 0.493 e. The van der Waals surface area contributed by atoms with Crippen molar-refractivity contribution in [2.75, 3.05) is 18.2 Å². The number of Topliss-reactive ketones (excluding diaryl/α,β-unsaturated/α-hetero) is 2. The molecule has 260 valence electrons. The van der Waals surface area contributed by atoms with Gasteiger partial charge in [-0.15, -0.1) is 10.2 Å². The zero-order valence-electron chi connectivity index (χ0n) is 26.2. The van der Waals surface area contributed by atoms with Crippen LogP contribution in [-0.4, -0.2) is 63.9 Å². The summed E-state index contributed by atoms with van der Waals surface area (Å²) in [7, 11) is 0. The first-order valence-electron chi connectivity index (χ1n) is 13.7. The van der Waals surface area contributed by atoms with E-state index in [0.29, 0.717) is 21.8 Å². The van der Waals surface area contributed by atoms with Crippen LogP contribution in [0.25, 0.3) is 16.9 Å². The number of carbonyl (C=O) groups is 2. The molecule has 0 atom stereocenters. The second-order valence-electron chi connectivity index (χ2n) is 8.13. The van der Waals surface area contributed by atoms with Gasteiger partial charge in [0.15, 0.2) is 0 Å². The number of nitrogen functional groups attached to an aromatic ring is 1. The number of fused-ring (bicyclic) bond motifs is 1. The number of aromatic hydroxyl groups is 1. The van der Waals surface area contributed by atoms with Crippen LogP contribution < -0.4 is 11.3 Å². The highest BCUT2D eigenvalue weighted by Crippen LogP contribution is 2.25. The van der Waals surface area contributed by atoms with Gasteiger partial charge in [-0.3, -0.25) is 19.4 Å². The van der Waals surface area contributed by atoms with Crippen LogP contribution in [0.2, 0.25) is 0 Å². The number of hydrogen-bond acceptors (Lipinski definition) is 11. The highest BCUT2D eigenvalue weighted by molar-refractivity contribution is 7.98. The molecule has 47 heavy (non-hydrogen) atoms. The van der Waals surface area contributed by atoms with Gasteiger partial charge < -0.3 is 10.8 Å². The van der Waals surface area contributed by atoms with Gasteiger partial charge in [0.05, 0.1) is 0 Å². The van der Waals surface area contributed by atoms with E-state index in [9.17, 15) is 19.5 Å². The van der Waals surface area contributed by atoms with Crippen molar-refractivity contribution >= 4 is 46.8 Å². The molecule has 12 nitrogen and oxygen atoms in total. The van der Waals surface area contributed by atoms with Gasteiger partial charge in [-0.25, -0.2) is 5.10 Å². The maximum atomic E-state index is 12.0. The molecular formula is C33H52N8O4S2. The summed E-state index contributed by atoms with van der Waals surface area (Å²) >= 11 is 2.79. The van der Waals surface area contributed by atoms with Crippen molar-refractivity contribution in [3.63, 3.8) is 0 Å². The summed E-state index contributed by atoms with van der Waals surface area (Å²) in [6.45, 7) is 10.9. The van der Waals surface area contributed by atoms with E-state index in [2.05, 4.69) is 30.2 Å². The molecule has 3 heterocycles. The normalized spacial score (nSPS) is 9.13. The predicted molar refractivity (Wildman–Crippen MR) is 198 cm³/mol. The smallest absolute Gasteiger partial charge is 0.264 e. The van der Waals surface area contributed by atoms with Crippen molar-refractivity contribution in [2.24, 2.45) is 0 Å². The van der Waals surface area contributed by atoms with Crippen molar-refractivity contribution in [3.05, 3.63) is 76.6 Å². The third-order valence-electron chi connectivity index (χ3n) is 5.32. The molecule has 0 aliphatic rings. The Bertz CT molecular complexity index is 1630. The molecule has 0 saturated heterocycles. The highest BCUT2D eigenvalue weighted by Gasteiger charge is 2.20. The minimum absolute atomic E-state index is 0. The molecule has 0 amide bonds. The third-order valence-corrected chi connectivity index (χ3v) is 6.41. The van der Waals surface area contributed by atoms with Gasteiger partial charge in [-0.2, -0.15) is 14.5 Å². The number of carbonyl (C=O) groups excluding carboxylic acids is 2. The van der Waals surface area contributed by atoms with Gasteiger partial charge in [0.25, 0.3) is 5.56 Å². The van der Waals surface area contributed by atoms with Crippen LogP contribution in [-0.2, 0) is 9.59 Å². The number of ketones is 2. The number of rotatable bonds is 6. The minimum Gasteiger partial charge on any atom is -0.493 e. The van der Waals surface area contributed by atoms with Crippen molar-refractivity contribution in [2.45, 2.75) is 80.1 Å². The van der Waals surface area contributed by atoms with E-state index in [-0.39, 0.29) is 51.1 Å². The summed E-state index contributed by atoms with van der Waals surface area (Å²) < 4.78 is 1.23. The molecule has 2 aromatic carbocycles. The lowest BCUT2D eigenvalue weighted by atomic mass is 9.92. The lowest BCUT2D eigenvalue weighted by Gasteiger charge is -2.09. The van der Waals surface area contributed by atoms with Gasteiger partial charge >= 0.3 is 0 Å². The summed E-state index contributed by atoms with van der Waals surface area (Å²) in [5.41, 5.74) is 6.41. The number of aromatic nitrogens is 7. The monoisotopic (exact) mass is 688 g/mol. The average molecular weight is 689 g/mol. The zero-order valence-corrected chi connectivity index (χ0v) is 27.8. The summed E-state index contributed by atoms with van der Waals surface area (Å²) in [6, 6.07) is 18.1. The maximum absolute atomic E-state index is 12.0. The van der Waals surface area contributed by atoms with Crippen molar-refractivity contribution < 1.29 is 14.7 Å². The van der Waals surface area contributed by atoms with E-state index >= 15 is 0 Å². The fourth-order valence-corrected chi connectivity index (χ4v) is 4.26. The summed E-state index contributed by atoms with van der Waals surface area (Å²) in [5.74, 6) is -0.391. The van der Waals surface area contributed by atoms with E-state index < -0.39 is 11.5 Å². The van der Waals surface area contributed by atoms with Crippen LogP contribution in [0.3, 0.4) is 0 Å². The molecule has 0 aliphatic heterocycles. The first kappa shape index (κ1) is 47.0. The Balaban J connectivity index is -0.000000608. The Morgan fingerprint density at radius 2 is 1.32 bits per heavy atom. The summed E-state index contributed by atoms with van der Waals surface area (Å²) in [6.07, 6.45) is 3.71. The molecule has 0 fully saturated rings. The Labute approximate surface area is 287 Å². The Kier molecular flexibility index (Phi) is 24.7. The van der Waals surface area contributed by atoms with Gasteiger partial charge in [0.2, 0.25) is 27.9 Å². The van der Waals surface area contributed by atoms with Gasteiger partial charge in [0.1, 0.15) is 23.0 Å². The van der Waals surface area contributed by atoms with Gasteiger partial charge in [-0.05, 0) is 37.5 Å². The third kappa shape index (κ3) is 13.8. The summed E-state index contributed by atoms with van der Waals surface area (Å²) in [5, 5.41) is 21.7. The first-order valence-corrected chi connectivity index (χ1v) is 16.2. The van der Waals surface area contributed by atoms with Crippen molar-refractivity contribution in [1.29, 1.82) is 0 Å². The van der Waals surface area contributed by atoms with Crippen LogP contribution in [0.5, 0.6) is 5.88 Å². The van der Waals surface area contributed by atoms with E-state index in [1.54, 1.807) is 36.4 Å². The van der Waals surface area contributed by atoms with Crippen molar-refractivity contribution in [1.82, 2.24) is 34.8 Å². The maximum Gasteiger partial charge on any atom is 0.264 e. The van der Waals surface area contributed by atoms with Gasteiger partial charge in [-0.1, -0.05) is 134 Å². The number of hydrogen-bond donors (Lipinski definition) is 4. The fourth-order valence-electron chi connectivity index (χ4n) is 3.60. The standard InChI is InChI=1S/C12H10N4O2S.C11H12O2.C3H6N4S.2C2H6.3CH4/c1-19-12-14-11-13-9(17)8(10(18)16(11)15-12)7-5-3-2-4-6-7;1-8(12)11(9(2)13)10-6-4-3-5-7-10;1-8-3-5-2(4)6-7-3;2*1-2;;;/h2-6,18H,1H3,(H,13,14,15,17);3-7,11H,1-2H3;1H3,(H3,4,5,6,7);2*1-2H3;3*1H4. The number of nitrogens with zero attached hydrogens (tertiary/aromatic N) is 5. The molecule has 5 N–H and O–H groups in total. The molecule has 14 heteroatoms. The minimum atomic E-state index is -0.582. The second kappa shape index (κ2) is 24.8. The molecule has 0 spiro atoms. The Morgan fingerprint density at radius 1 is 0.830 bits per heavy atom. The Morgan fingerprint density at radius 3 is 1.72 bits per heavy atom. The average Bonchev–Trinajstić information content (AvgIpc) is 3.66. The van der Waals surface area contributed by atoms with Crippen LogP contribution in [0.1, 0.15) is 75.3 Å². The molecule has 5 rings (SSSR count). The molecule has 0 bridgehead atoms. The number of aromatic amines is 2. The van der Waals surface area contributed by atoms with Crippen LogP contribution in [0.4, 0.5) is 5.95 Å². The van der Waals surface area contributed by atoms with E-state index in [0.717, 1.165) is 5.56 Å². The number of benzene rings is 2. The summed E-state index contributed by atoms with van der Waals surface area (Å²) in [4.78, 5) is 44.9. The lowest BCUT2D eigenvalue weighted by molar-refractivity contribution is -0.126. The van der Waals surface area contributed by atoms with Crippen LogP contribution in [0.15, 0.2) is 75.8 Å². The predicted octanol–water partition coefficient (Wildman–Crippen LogP) is 7.53. The number of nitrogens with two attached hydrogens (primary N) is 1. The quantitative estimate of drug-likeness (QED) is 0.102. The van der Waals surface area contributed by atoms with E-state index in [4.69, 9.17) is 5.73 Å². The fraction of sp³-hybridized carbons (Fsp3) is 0.364. The molecule has 3 aromatic heterocycles. The van der Waals surface area contributed by atoms with E-state index in [1.165, 1.54) is 41.9 Å². The number of nitrogens with one attached hydrogen (secondary N) is 2. The molecule has 0 unspecified atom stereocenters. The topological polar surface area (TPSA) is 185 Å². The zero-order chi connectivity index (χ0) is 33.2. The van der Waals surface area contributed by atoms with Crippen LogP contribution in [0, 0.1) is 0 Å². The molecule has 0 saturated carbocycles. The van der Waals surface area contributed by atoms with Crippen LogP contribution >= 0.6 is 23.5 Å².